The SMILES string of the molecule is CCCCNC1CCC(Oc2ccc3c(c2)CCC(c2ccccc2F)O3)CC1. The fourth-order valence-electron chi connectivity index (χ4n) is 4.45. The van der Waals surface area contributed by atoms with Gasteiger partial charge >= 0.3 is 0 Å². The number of benzene rings is 2. The van der Waals surface area contributed by atoms with Gasteiger partial charge in [-0.2, -0.15) is 0 Å². The Morgan fingerprint density at radius 2 is 1.90 bits per heavy atom. The lowest BCUT2D eigenvalue weighted by atomic mass is 9.92. The number of aryl methyl sites for hydroxylation is 1. The molecule has 156 valence electrons. The van der Waals surface area contributed by atoms with E-state index in [1.54, 1.807) is 6.07 Å². The molecule has 0 aromatic heterocycles. The van der Waals surface area contributed by atoms with Crippen molar-refractivity contribution in [1.29, 1.82) is 0 Å². The molecule has 1 fully saturated rings. The van der Waals surface area contributed by atoms with Crippen LogP contribution in [0.25, 0.3) is 0 Å². The highest BCUT2D eigenvalue weighted by Gasteiger charge is 2.25. The third-order valence-corrected chi connectivity index (χ3v) is 6.17. The maximum absolute atomic E-state index is 14.1. The predicted molar refractivity (Wildman–Crippen MR) is 114 cm³/mol. The van der Waals surface area contributed by atoms with E-state index in [1.165, 1.54) is 31.7 Å². The molecule has 1 saturated carbocycles. The van der Waals surface area contributed by atoms with Crippen molar-refractivity contribution in [1.82, 2.24) is 5.32 Å². The Morgan fingerprint density at radius 1 is 1.07 bits per heavy atom. The van der Waals surface area contributed by atoms with Gasteiger partial charge in [0.25, 0.3) is 0 Å². The average molecular weight is 398 g/mol. The van der Waals surface area contributed by atoms with E-state index in [4.69, 9.17) is 9.47 Å². The monoisotopic (exact) mass is 397 g/mol. The van der Waals surface area contributed by atoms with Crippen molar-refractivity contribution in [3.63, 3.8) is 0 Å². The smallest absolute Gasteiger partial charge is 0.130 e. The van der Waals surface area contributed by atoms with Crippen LogP contribution in [0.3, 0.4) is 0 Å². The first-order valence-electron chi connectivity index (χ1n) is 11.2. The van der Waals surface area contributed by atoms with E-state index in [0.717, 1.165) is 49.3 Å². The summed E-state index contributed by atoms with van der Waals surface area (Å²) in [5, 5.41) is 3.67. The first kappa shape index (κ1) is 20.2. The largest absolute Gasteiger partial charge is 0.490 e. The average Bonchev–Trinajstić information content (AvgIpc) is 2.75. The number of fused-ring (bicyclic) bond motifs is 1. The Bertz CT molecular complexity index is 801. The molecule has 29 heavy (non-hydrogen) atoms. The first-order valence-corrected chi connectivity index (χ1v) is 11.2. The molecule has 1 aliphatic heterocycles. The number of rotatable bonds is 7. The molecule has 4 rings (SSSR count). The van der Waals surface area contributed by atoms with Crippen molar-refractivity contribution < 1.29 is 13.9 Å². The van der Waals surface area contributed by atoms with Crippen LogP contribution in [0.15, 0.2) is 42.5 Å². The Hall–Kier alpha value is -2.07. The van der Waals surface area contributed by atoms with Crippen molar-refractivity contribution in [2.75, 3.05) is 6.54 Å². The normalized spacial score (nSPS) is 23.9. The Morgan fingerprint density at radius 3 is 2.69 bits per heavy atom. The van der Waals surface area contributed by atoms with Crippen LogP contribution in [0, 0.1) is 5.82 Å². The molecule has 1 heterocycles. The molecule has 1 unspecified atom stereocenters. The van der Waals surface area contributed by atoms with Gasteiger partial charge in [0.2, 0.25) is 0 Å². The van der Waals surface area contributed by atoms with Gasteiger partial charge in [-0.3, -0.25) is 0 Å². The summed E-state index contributed by atoms with van der Waals surface area (Å²) in [6, 6.07) is 13.6. The van der Waals surface area contributed by atoms with Gasteiger partial charge in [0, 0.05) is 11.6 Å². The fraction of sp³-hybridized carbons (Fsp3) is 0.520. The van der Waals surface area contributed by atoms with Crippen LogP contribution >= 0.6 is 0 Å². The molecule has 3 nitrogen and oxygen atoms in total. The predicted octanol–water partition coefficient (Wildman–Crippen LogP) is 5.97. The molecule has 1 atom stereocenters. The van der Waals surface area contributed by atoms with E-state index in [0.29, 0.717) is 17.7 Å². The number of halogens is 1. The molecule has 1 aliphatic carbocycles. The number of hydrogen-bond acceptors (Lipinski definition) is 3. The first-order chi connectivity index (χ1) is 14.2. The van der Waals surface area contributed by atoms with Crippen molar-refractivity contribution in [2.45, 2.75) is 76.5 Å². The lowest BCUT2D eigenvalue weighted by molar-refractivity contribution is 0.138. The number of unbranched alkanes of at least 4 members (excludes halogenated alkanes) is 1. The lowest BCUT2D eigenvalue weighted by Crippen LogP contribution is -2.36. The maximum atomic E-state index is 14.1. The fourth-order valence-corrected chi connectivity index (χ4v) is 4.45. The van der Waals surface area contributed by atoms with E-state index in [2.05, 4.69) is 18.3 Å². The molecule has 4 heteroatoms. The van der Waals surface area contributed by atoms with Gasteiger partial charge in [-0.15, -0.1) is 0 Å². The Kier molecular flexibility index (Phi) is 6.70. The van der Waals surface area contributed by atoms with E-state index < -0.39 is 0 Å². The van der Waals surface area contributed by atoms with E-state index in [-0.39, 0.29) is 11.9 Å². The van der Waals surface area contributed by atoms with Crippen molar-refractivity contribution in [3.8, 4) is 11.5 Å². The van der Waals surface area contributed by atoms with E-state index >= 15 is 0 Å². The van der Waals surface area contributed by atoms with Crippen LogP contribution in [-0.4, -0.2) is 18.7 Å². The molecule has 0 saturated heterocycles. The Balaban J connectivity index is 1.31. The van der Waals surface area contributed by atoms with Crippen LogP contribution in [0.1, 0.15) is 69.1 Å². The summed E-state index contributed by atoms with van der Waals surface area (Å²) in [5.41, 5.74) is 1.80. The third kappa shape index (κ3) is 5.11. The van der Waals surface area contributed by atoms with Crippen molar-refractivity contribution in [2.24, 2.45) is 0 Å². The molecule has 0 spiro atoms. The zero-order valence-corrected chi connectivity index (χ0v) is 17.3. The van der Waals surface area contributed by atoms with Crippen molar-refractivity contribution >= 4 is 0 Å². The summed E-state index contributed by atoms with van der Waals surface area (Å²) in [7, 11) is 0. The molecule has 0 bridgehead atoms. The van der Waals surface area contributed by atoms with Gasteiger partial charge in [-0.1, -0.05) is 31.5 Å². The zero-order chi connectivity index (χ0) is 20.1. The zero-order valence-electron chi connectivity index (χ0n) is 17.3. The molecule has 2 aliphatic rings. The summed E-state index contributed by atoms with van der Waals surface area (Å²) in [6.07, 6.45) is 8.82. The van der Waals surface area contributed by atoms with Crippen LogP contribution in [-0.2, 0) is 6.42 Å². The maximum Gasteiger partial charge on any atom is 0.130 e. The van der Waals surface area contributed by atoms with Gasteiger partial charge in [-0.25, -0.2) is 4.39 Å². The summed E-state index contributed by atoms with van der Waals surface area (Å²) in [6.45, 7) is 3.36. The minimum absolute atomic E-state index is 0.194. The molecule has 0 radical (unpaired) electrons. The van der Waals surface area contributed by atoms with E-state index in [1.807, 2.05) is 24.3 Å². The van der Waals surface area contributed by atoms with Gasteiger partial charge in [0.15, 0.2) is 0 Å². The minimum Gasteiger partial charge on any atom is -0.490 e. The van der Waals surface area contributed by atoms with Crippen LogP contribution in [0.2, 0.25) is 0 Å². The molecular weight excluding hydrogens is 365 g/mol. The highest BCUT2D eigenvalue weighted by molar-refractivity contribution is 5.42. The van der Waals surface area contributed by atoms with Crippen LogP contribution in [0.5, 0.6) is 11.5 Å². The Labute approximate surface area is 173 Å². The van der Waals surface area contributed by atoms with E-state index in [9.17, 15) is 4.39 Å². The summed E-state index contributed by atoms with van der Waals surface area (Å²) in [5.74, 6) is 1.58. The third-order valence-electron chi connectivity index (χ3n) is 6.17. The highest BCUT2D eigenvalue weighted by Crippen LogP contribution is 2.38. The topological polar surface area (TPSA) is 30.5 Å². The summed E-state index contributed by atoms with van der Waals surface area (Å²) >= 11 is 0. The molecular formula is C25H32FNO2. The molecule has 1 N–H and O–H groups in total. The number of nitrogens with one attached hydrogen (secondary N) is 1. The number of ether oxygens (including phenoxy) is 2. The standard InChI is InChI=1S/C25H32FNO2/c1-2-3-16-27-19-9-11-20(12-10-19)28-21-13-15-24-18(17-21)8-14-25(29-24)22-6-4-5-7-23(22)26/h4-7,13,15,17,19-20,25,27H,2-3,8-12,14,16H2,1H3. The summed E-state index contributed by atoms with van der Waals surface area (Å²) in [4.78, 5) is 0. The lowest BCUT2D eigenvalue weighted by Gasteiger charge is -2.30. The summed E-state index contributed by atoms with van der Waals surface area (Å²) < 4.78 is 26.5. The van der Waals surface area contributed by atoms with Gasteiger partial charge in [-0.05, 0) is 81.3 Å². The molecule has 0 amide bonds. The second kappa shape index (κ2) is 9.62. The van der Waals surface area contributed by atoms with Crippen LogP contribution in [0.4, 0.5) is 4.39 Å². The van der Waals surface area contributed by atoms with Gasteiger partial charge in [0.05, 0.1) is 6.10 Å². The van der Waals surface area contributed by atoms with Gasteiger partial charge < -0.3 is 14.8 Å². The number of hydrogen-bond donors (Lipinski definition) is 1. The second-order valence-corrected chi connectivity index (χ2v) is 8.34. The second-order valence-electron chi connectivity index (χ2n) is 8.34. The quantitative estimate of drug-likeness (QED) is 0.584. The van der Waals surface area contributed by atoms with Crippen LogP contribution < -0.4 is 14.8 Å². The molecule has 2 aromatic carbocycles. The minimum atomic E-state index is -0.217. The molecule has 2 aromatic rings. The van der Waals surface area contributed by atoms with Gasteiger partial charge in [0.1, 0.15) is 23.4 Å². The van der Waals surface area contributed by atoms with Crippen molar-refractivity contribution in [3.05, 3.63) is 59.4 Å². The highest BCUT2D eigenvalue weighted by atomic mass is 19.1.